The van der Waals surface area contributed by atoms with Crippen LogP contribution in [0.1, 0.15) is 38.2 Å². The molecule has 204 valence electrons. The number of hydrogen-bond acceptors (Lipinski definition) is 7. The molecule has 9 heteroatoms. The van der Waals surface area contributed by atoms with Gasteiger partial charge in [0, 0.05) is 20.2 Å². The fraction of sp³-hybridized carbons (Fsp3) is 0.500. The zero-order chi connectivity index (χ0) is 26.9. The van der Waals surface area contributed by atoms with Crippen LogP contribution in [-0.2, 0) is 25.7 Å². The summed E-state index contributed by atoms with van der Waals surface area (Å²) in [4.78, 5) is 20.7. The van der Waals surface area contributed by atoms with Gasteiger partial charge in [0.1, 0.15) is 18.8 Å². The molecule has 0 spiro atoms. The fourth-order valence-electron chi connectivity index (χ4n) is 3.89. The first-order chi connectivity index (χ1) is 17.9. The van der Waals surface area contributed by atoms with E-state index in [1.54, 1.807) is 7.11 Å². The second kappa shape index (κ2) is 17.3. The van der Waals surface area contributed by atoms with E-state index in [2.05, 4.69) is 24.0 Å². The summed E-state index contributed by atoms with van der Waals surface area (Å²) < 4.78 is 23.9. The molecule has 37 heavy (non-hydrogen) atoms. The molecule has 2 aromatic rings. The van der Waals surface area contributed by atoms with Crippen LogP contribution in [0.15, 0.2) is 54.6 Å². The predicted molar refractivity (Wildman–Crippen MR) is 139 cm³/mol. The Morgan fingerprint density at radius 1 is 0.919 bits per heavy atom. The van der Waals surface area contributed by atoms with E-state index in [0.29, 0.717) is 19.8 Å². The van der Waals surface area contributed by atoms with Gasteiger partial charge in [-0.2, -0.15) is 0 Å². The smallest absolute Gasteiger partial charge is 0.414 e. The normalized spacial score (nSPS) is 17.4. The van der Waals surface area contributed by atoms with E-state index in [1.807, 2.05) is 42.5 Å². The van der Waals surface area contributed by atoms with Crippen molar-refractivity contribution in [3.63, 3.8) is 0 Å². The van der Waals surface area contributed by atoms with Crippen LogP contribution in [0, 0.1) is 0 Å². The summed E-state index contributed by atoms with van der Waals surface area (Å²) in [5.74, 6) is -2.10. The van der Waals surface area contributed by atoms with E-state index in [9.17, 15) is 0 Å². The van der Waals surface area contributed by atoms with Crippen molar-refractivity contribution in [3.8, 4) is 11.5 Å². The third-order valence-electron chi connectivity index (χ3n) is 5.83. The first kappa shape index (κ1) is 30.1. The highest BCUT2D eigenvalue weighted by atomic mass is 16.6. The molecule has 2 unspecified atom stereocenters. The van der Waals surface area contributed by atoms with Gasteiger partial charge >= 0.3 is 11.9 Å². The van der Waals surface area contributed by atoms with Crippen LogP contribution in [0.5, 0.6) is 11.5 Å². The lowest BCUT2D eigenvalue weighted by Gasteiger charge is -2.38. The summed E-state index contributed by atoms with van der Waals surface area (Å²) in [6.07, 6.45) is 4.72. The second-order valence-electron chi connectivity index (χ2n) is 8.69. The van der Waals surface area contributed by atoms with Crippen molar-refractivity contribution < 1.29 is 38.7 Å². The molecule has 2 aromatic carbocycles. The SMILES string of the molecule is CCCCCN1CCC(Oc2ccccc2OCc2ccccc2)C(OCCOC)C1.O=C(O)C(=O)O. The van der Waals surface area contributed by atoms with Gasteiger partial charge < -0.3 is 34.1 Å². The van der Waals surface area contributed by atoms with E-state index in [1.165, 1.54) is 19.3 Å². The van der Waals surface area contributed by atoms with Crippen molar-refractivity contribution in [2.75, 3.05) is 40.0 Å². The molecule has 0 saturated carbocycles. The van der Waals surface area contributed by atoms with E-state index in [0.717, 1.165) is 43.1 Å². The molecule has 0 aromatic heterocycles. The molecule has 1 fully saturated rings. The molecular weight excluding hydrogens is 478 g/mol. The molecule has 1 saturated heterocycles. The minimum Gasteiger partial charge on any atom is -0.485 e. The number of carboxylic acids is 2. The van der Waals surface area contributed by atoms with Crippen molar-refractivity contribution in [2.45, 2.75) is 51.4 Å². The molecule has 0 bridgehead atoms. The van der Waals surface area contributed by atoms with Crippen LogP contribution in [0.2, 0.25) is 0 Å². The monoisotopic (exact) mass is 517 g/mol. The van der Waals surface area contributed by atoms with Crippen molar-refractivity contribution in [1.82, 2.24) is 4.90 Å². The molecule has 0 amide bonds. The molecule has 2 N–H and O–H groups in total. The highest BCUT2D eigenvalue weighted by Crippen LogP contribution is 2.31. The van der Waals surface area contributed by atoms with E-state index < -0.39 is 11.9 Å². The van der Waals surface area contributed by atoms with Gasteiger partial charge in [-0.25, -0.2) is 9.59 Å². The topological polar surface area (TPSA) is 115 Å². The number of nitrogens with zero attached hydrogens (tertiary/aromatic N) is 1. The number of para-hydroxylation sites is 2. The standard InChI is InChI=1S/C26H37NO4.C2H2O4/c1-3-4-10-16-27-17-15-25(26(20-27)29-19-18-28-2)31-24-14-9-8-13-23(24)30-21-22-11-6-5-7-12-22;3-1(4)2(5)6/h5-9,11-14,25-26H,3-4,10,15-21H2,1-2H3;(H,3,4)(H,5,6). The number of aliphatic carboxylic acids is 2. The molecule has 2 atom stereocenters. The number of unbranched alkanes of at least 4 members (excludes halogenated alkanes) is 2. The predicted octanol–water partition coefficient (Wildman–Crippen LogP) is 4.10. The lowest BCUT2D eigenvalue weighted by Crippen LogP contribution is -2.50. The van der Waals surface area contributed by atoms with E-state index >= 15 is 0 Å². The Kier molecular flexibility index (Phi) is 14.1. The maximum Gasteiger partial charge on any atom is 0.414 e. The van der Waals surface area contributed by atoms with Crippen LogP contribution in [0.3, 0.4) is 0 Å². The van der Waals surface area contributed by atoms with Crippen LogP contribution in [-0.4, -0.2) is 79.2 Å². The molecule has 1 heterocycles. The molecule has 0 radical (unpaired) electrons. The van der Waals surface area contributed by atoms with Gasteiger partial charge in [0.2, 0.25) is 0 Å². The number of ether oxygens (including phenoxy) is 4. The minimum atomic E-state index is -1.82. The minimum absolute atomic E-state index is 0.000701. The van der Waals surface area contributed by atoms with Crippen molar-refractivity contribution in [2.24, 2.45) is 0 Å². The van der Waals surface area contributed by atoms with Gasteiger partial charge in [0.05, 0.1) is 13.2 Å². The maximum absolute atomic E-state index is 9.10. The van der Waals surface area contributed by atoms with Gasteiger partial charge in [-0.15, -0.1) is 0 Å². The van der Waals surface area contributed by atoms with Crippen molar-refractivity contribution >= 4 is 11.9 Å². The fourth-order valence-corrected chi connectivity index (χ4v) is 3.89. The highest BCUT2D eigenvalue weighted by Gasteiger charge is 2.32. The Hall–Kier alpha value is -3.14. The molecule has 1 aliphatic rings. The van der Waals surface area contributed by atoms with Gasteiger partial charge in [-0.3, -0.25) is 0 Å². The van der Waals surface area contributed by atoms with Gasteiger partial charge in [-0.05, 0) is 37.1 Å². The Morgan fingerprint density at radius 2 is 1.59 bits per heavy atom. The Morgan fingerprint density at radius 3 is 2.24 bits per heavy atom. The zero-order valence-corrected chi connectivity index (χ0v) is 21.7. The third-order valence-corrected chi connectivity index (χ3v) is 5.83. The Balaban J connectivity index is 0.000000717. The zero-order valence-electron chi connectivity index (χ0n) is 21.7. The number of carbonyl (C=O) groups is 2. The lowest BCUT2D eigenvalue weighted by molar-refractivity contribution is -0.159. The largest absolute Gasteiger partial charge is 0.485 e. The molecule has 3 rings (SSSR count). The van der Waals surface area contributed by atoms with Crippen LogP contribution >= 0.6 is 0 Å². The summed E-state index contributed by atoms with van der Waals surface area (Å²) in [7, 11) is 1.70. The summed E-state index contributed by atoms with van der Waals surface area (Å²) in [6.45, 7) is 6.99. The van der Waals surface area contributed by atoms with Crippen molar-refractivity contribution in [3.05, 3.63) is 60.2 Å². The Bertz CT molecular complexity index is 911. The summed E-state index contributed by atoms with van der Waals surface area (Å²) in [6, 6.07) is 18.1. The highest BCUT2D eigenvalue weighted by molar-refractivity contribution is 6.27. The van der Waals surface area contributed by atoms with Gasteiger partial charge in [-0.1, -0.05) is 62.2 Å². The summed E-state index contributed by atoms with van der Waals surface area (Å²) in [5.41, 5.74) is 1.14. The average molecular weight is 518 g/mol. The maximum atomic E-state index is 9.10. The number of hydrogen-bond donors (Lipinski definition) is 2. The van der Waals surface area contributed by atoms with E-state index in [4.69, 9.17) is 38.7 Å². The number of piperidine rings is 1. The number of carboxylic acid groups (broad SMARTS) is 2. The molecule has 0 aliphatic carbocycles. The first-order valence-electron chi connectivity index (χ1n) is 12.7. The number of rotatable bonds is 13. The quantitative estimate of drug-likeness (QED) is 0.299. The summed E-state index contributed by atoms with van der Waals surface area (Å²) in [5, 5.41) is 14.8. The third kappa shape index (κ3) is 11.6. The van der Waals surface area contributed by atoms with Gasteiger partial charge in [0.15, 0.2) is 11.5 Å². The molecule has 9 nitrogen and oxygen atoms in total. The van der Waals surface area contributed by atoms with E-state index in [-0.39, 0.29) is 12.2 Å². The van der Waals surface area contributed by atoms with Crippen LogP contribution in [0.25, 0.3) is 0 Å². The second-order valence-corrected chi connectivity index (χ2v) is 8.69. The number of methoxy groups -OCH3 is 1. The number of benzene rings is 2. The number of likely N-dealkylation sites (tertiary alicyclic amines) is 1. The van der Waals surface area contributed by atoms with Gasteiger partial charge in [0.25, 0.3) is 0 Å². The lowest BCUT2D eigenvalue weighted by atomic mass is 10.0. The summed E-state index contributed by atoms with van der Waals surface area (Å²) >= 11 is 0. The first-order valence-corrected chi connectivity index (χ1v) is 12.7. The Labute approximate surface area is 218 Å². The van der Waals surface area contributed by atoms with Crippen LogP contribution in [0.4, 0.5) is 0 Å². The van der Waals surface area contributed by atoms with Crippen LogP contribution < -0.4 is 9.47 Å². The molecule has 1 aliphatic heterocycles. The van der Waals surface area contributed by atoms with Crippen molar-refractivity contribution in [1.29, 1.82) is 0 Å². The molecular formula is C28H39NO8. The average Bonchev–Trinajstić information content (AvgIpc) is 2.90.